The molecule has 0 aromatic rings. The normalized spacial score (nSPS) is 25.1. The van der Waals surface area contributed by atoms with Crippen molar-refractivity contribution >= 4 is 5.91 Å². The van der Waals surface area contributed by atoms with E-state index in [0.29, 0.717) is 12.6 Å². The molecule has 1 aliphatic carbocycles. The van der Waals surface area contributed by atoms with Crippen molar-refractivity contribution in [2.75, 3.05) is 32.7 Å². The number of rotatable bonds is 7. The third-order valence-electron chi connectivity index (χ3n) is 4.01. The summed E-state index contributed by atoms with van der Waals surface area (Å²) in [6.07, 6.45) is 6.36. The molecule has 1 amide bonds. The summed E-state index contributed by atoms with van der Waals surface area (Å²) >= 11 is 0. The zero-order chi connectivity index (χ0) is 12.8. The molecule has 1 aliphatic heterocycles. The van der Waals surface area contributed by atoms with Crippen molar-refractivity contribution in [1.82, 2.24) is 15.5 Å². The van der Waals surface area contributed by atoms with Gasteiger partial charge in [0.2, 0.25) is 5.91 Å². The van der Waals surface area contributed by atoms with Crippen molar-refractivity contribution < 1.29 is 4.79 Å². The molecule has 18 heavy (non-hydrogen) atoms. The summed E-state index contributed by atoms with van der Waals surface area (Å²) in [5, 5.41) is 6.48. The van der Waals surface area contributed by atoms with E-state index in [1.165, 1.54) is 32.1 Å². The predicted octanol–water partition coefficient (Wildman–Crippen LogP) is 0.977. The molecular weight excluding hydrogens is 226 g/mol. The Bertz CT molecular complexity index is 266. The van der Waals surface area contributed by atoms with E-state index >= 15 is 0 Å². The van der Waals surface area contributed by atoms with Gasteiger partial charge >= 0.3 is 0 Å². The number of nitrogens with zero attached hydrogens (tertiary/aromatic N) is 1. The molecule has 1 saturated heterocycles. The lowest BCUT2D eigenvalue weighted by molar-refractivity contribution is -0.123. The lowest BCUT2D eigenvalue weighted by Gasteiger charge is -2.35. The molecule has 2 aliphatic rings. The van der Waals surface area contributed by atoms with Crippen LogP contribution < -0.4 is 10.6 Å². The first-order chi connectivity index (χ1) is 8.79. The van der Waals surface area contributed by atoms with Gasteiger partial charge in [-0.1, -0.05) is 13.3 Å². The standard InChI is InChI=1S/C14H27N3O/c1-2-15-10-13-5-3-4-8-17(13)11-14(18)16-9-12-6-7-12/h12-13,15H,2-11H2,1H3,(H,16,18). The molecule has 2 rings (SSSR count). The maximum atomic E-state index is 11.9. The second-order valence-electron chi connectivity index (χ2n) is 5.68. The van der Waals surface area contributed by atoms with Crippen LogP contribution in [0.4, 0.5) is 0 Å². The van der Waals surface area contributed by atoms with Crippen molar-refractivity contribution in [3.05, 3.63) is 0 Å². The highest BCUT2D eigenvalue weighted by atomic mass is 16.2. The lowest BCUT2D eigenvalue weighted by atomic mass is 10.0. The average molecular weight is 253 g/mol. The number of amides is 1. The molecular formula is C14H27N3O. The first kappa shape index (κ1) is 13.8. The molecule has 0 spiro atoms. The van der Waals surface area contributed by atoms with Crippen LogP contribution in [0.15, 0.2) is 0 Å². The monoisotopic (exact) mass is 253 g/mol. The number of hydrogen-bond donors (Lipinski definition) is 2. The number of piperidine rings is 1. The van der Waals surface area contributed by atoms with Crippen molar-refractivity contribution in [1.29, 1.82) is 0 Å². The summed E-state index contributed by atoms with van der Waals surface area (Å²) in [6, 6.07) is 0.547. The second-order valence-corrected chi connectivity index (χ2v) is 5.68. The quantitative estimate of drug-likeness (QED) is 0.711. The Hall–Kier alpha value is -0.610. The minimum atomic E-state index is 0.213. The number of hydrogen-bond acceptors (Lipinski definition) is 3. The third-order valence-corrected chi connectivity index (χ3v) is 4.01. The van der Waals surface area contributed by atoms with Gasteiger partial charge < -0.3 is 10.6 Å². The summed E-state index contributed by atoms with van der Waals surface area (Å²) in [7, 11) is 0. The summed E-state index contributed by atoms with van der Waals surface area (Å²) in [5.41, 5.74) is 0. The summed E-state index contributed by atoms with van der Waals surface area (Å²) < 4.78 is 0. The Kier molecular flexibility index (Phi) is 5.45. The van der Waals surface area contributed by atoms with E-state index in [4.69, 9.17) is 0 Å². The summed E-state index contributed by atoms with van der Waals surface area (Å²) in [5.74, 6) is 0.984. The maximum absolute atomic E-state index is 11.9. The van der Waals surface area contributed by atoms with Crippen LogP contribution in [0, 0.1) is 5.92 Å². The number of likely N-dealkylation sites (tertiary alicyclic amines) is 1. The predicted molar refractivity (Wildman–Crippen MR) is 73.5 cm³/mol. The fourth-order valence-corrected chi connectivity index (χ4v) is 2.63. The van der Waals surface area contributed by atoms with Crippen LogP contribution in [-0.4, -0.2) is 49.6 Å². The molecule has 0 radical (unpaired) electrons. The molecule has 1 saturated carbocycles. The van der Waals surface area contributed by atoms with Gasteiger partial charge in [-0.2, -0.15) is 0 Å². The van der Waals surface area contributed by atoms with Gasteiger partial charge in [0.05, 0.1) is 6.54 Å². The molecule has 1 atom stereocenters. The van der Waals surface area contributed by atoms with Gasteiger partial charge in [-0.3, -0.25) is 9.69 Å². The Balaban J connectivity index is 1.70. The van der Waals surface area contributed by atoms with Crippen molar-refractivity contribution in [2.24, 2.45) is 5.92 Å². The van der Waals surface area contributed by atoms with E-state index in [1.54, 1.807) is 0 Å². The van der Waals surface area contributed by atoms with Crippen molar-refractivity contribution in [2.45, 2.75) is 45.1 Å². The average Bonchev–Trinajstić information content (AvgIpc) is 3.19. The highest BCUT2D eigenvalue weighted by molar-refractivity contribution is 5.78. The van der Waals surface area contributed by atoms with E-state index in [2.05, 4.69) is 22.5 Å². The van der Waals surface area contributed by atoms with Crippen molar-refractivity contribution in [3.8, 4) is 0 Å². The third kappa shape index (κ3) is 4.58. The van der Waals surface area contributed by atoms with Crippen LogP contribution in [0.1, 0.15) is 39.0 Å². The van der Waals surface area contributed by atoms with Gasteiger partial charge in [0.1, 0.15) is 0 Å². The molecule has 2 N–H and O–H groups in total. The minimum absolute atomic E-state index is 0.213. The van der Waals surface area contributed by atoms with Gasteiger partial charge in [-0.05, 0) is 44.7 Å². The highest BCUT2D eigenvalue weighted by Gasteiger charge is 2.25. The molecule has 4 heteroatoms. The second kappa shape index (κ2) is 7.10. The molecule has 0 bridgehead atoms. The summed E-state index contributed by atoms with van der Waals surface area (Å²) in [6.45, 7) is 6.72. The Morgan fingerprint density at radius 1 is 1.22 bits per heavy atom. The number of carbonyl (C=O) groups excluding carboxylic acids is 1. The van der Waals surface area contributed by atoms with Crippen LogP contribution in [0.25, 0.3) is 0 Å². The molecule has 104 valence electrons. The summed E-state index contributed by atoms with van der Waals surface area (Å²) in [4.78, 5) is 14.2. The maximum Gasteiger partial charge on any atom is 0.234 e. The van der Waals surface area contributed by atoms with Gasteiger partial charge in [-0.15, -0.1) is 0 Å². The molecule has 1 unspecified atom stereocenters. The zero-order valence-corrected chi connectivity index (χ0v) is 11.6. The van der Waals surface area contributed by atoms with Gasteiger partial charge in [0, 0.05) is 19.1 Å². The van der Waals surface area contributed by atoms with Crippen LogP contribution in [0.2, 0.25) is 0 Å². The largest absolute Gasteiger partial charge is 0.355 e. The SMILES string of the molecule is CCNCC1CCCCN1CC(=O)NCC1CC1. The molecule has 4 nitrogen and oxygen atoms in total. The topological polar surface area (TPSA) is 44.4 Å². The van der Waals surface area contributed by atoms with Crippen LogP contribution in [-0.2, 0) is 4.79 Å². The van der Waals surface area contributed by atoms with Crippen LogP contribution in [0.3, 0.4) is 0 Å². The smallest absolute Gasteiger partial charge is 0.234 e. The van der Waals surface area contributed by atoms with Gasteiger partial charge in [-0.25, -0.2) is 0 Å². The van der Waals surface area contributed by atoms with E-state index < -0.39 is 0 Å². The Morgan fingerprint density at radius 2 is 2.06 bits per heavy atom. The zero-order valence-electron chi connectivity index (χ0n) is 11.6. The van der Waals surface area contributed by atoms with Crippen molar-refractivity contribution in [3.63, 3.8) is 0 Å². The molecule has 2 fully saturated rings. The molecule has 0 aromatic carbocycles. The fourth-order valence-electron chi connectivity index (χ4n) is 2.63. The number of nitrogens with one attached hydrogen (secondary N) is 2. The van der Waals surface area contributed by atoms with Gasteiger partial charge in [0.25, 0.3) is 0 Å². The Morgan fingerprint density at radius 3 is 2.78 bits per heavy atom. The fraction of sp³-hybridized carbons (Fsp3) is 0.929. The number of likely N-dealkylation sites (N-methyl/N-ethyl adjacent to an activating group) is 1. The van der Waals surface area contributed by atoms with Gasteiger partial charge in [0.15, 0.2) is 0 Å². The number of carbonyl (C=O) groups is 1. The van der Waals surface area contributed by atoms with E-state index in [0.717, 1.165) is 32.1 Å². The lowest BCUT2D eigenvalue weighted by Crippen LogP contribution is -2.49. The first-order valence-electron chi connectivity index (χ1n) is 7.51. The van der Waals surface area contributed by atoms with E-state index in [9.17, 15) is 4.79 Å². The highest BCUT2D eigenvalue weighted by Crippen LogP contribution is 2.27. The molecule has 1 heterocycles. The Labute approximate surface area is 110 Å². The minimum Gasteiger partial charge on any atom is -0.355 e. The first-order valence-corrected chi connectivity index (χ1v) is 7.51. The van der Waals surface area contributed by atoms with Crippen LogP contribution >= 0.6 is 0 Å². The van der Waals surface area contributed by atoms with Crippen LogP contribution in [0.5, 0.6) is 0 Å². The molecule has 0 aromatic heterocycles. The van der Waals surface area contributed by atoms with E-state index in [1.807, 2.05) is 0 Å². The van der Waals surface area contributed by atoms with E-state index in [-0.39, 0.29) is 5.91 Å².